The highest BCUT2D eigenvalue weighted by Crippen LogP contribution is 2.25. The van der Waals surface area contributed by atoms with Crippen molar-refractivity contribution in [2.45, 2.75) is 19.8 Å². The van der Waals surface area contributed by atoms with Crippen LogP contribution in [0.25, 0.3) is 0 Å². The molecule has 108 valence electrons. The molecule has 0 aromatic heterocycles. The zero-order valence-electron chi connectivity index (χ0n) is 12.4. The maximum atomic E-state index is 4.54. The van der Waals surface area contributed by atoms with Gasteiger partial charge in [-0.2, -0.15) is 5.10 Å². The van der Waals surface area contributed by atoms with E-state index in [1.807, 2.05) is 30.3 Å². The summed E-state index contributed by atoms with van der Waals surface area (Å²) in [7, 11) is 0. The van der Waals surface area contributed by atoms with Crippen molar-refractivity contribution in [2.24, 2.45) is 5.10 Å². The van der Waals surface area contributed by atoms with E-state index in [1.54, 1.807) is 0 Å². The third-order valence-electron chi connectivity index (χ3n) is 3.87. The van der Waals surface area contributed by atoms with E-state index in [0.717, 1.165) is 24.5 Å². The van der Waals surface area contributed by atoms with Gasteiger partial charge in [0.25, 0.3) is 0 Å². The van der Waals surface area contributed by atoms with E-state index in [2.05, 4.69) is 46.6 Å². The Bertz CT molecular complexity index is 613. The van der Waals surface area contributed by atoms with Gasteiger partial charge in [-0.05, 0) is 38.0 Å². The first kappa shape index (κ1) is 13.7. The average molecular weight is 279 g/mol. The van der Waals surface area contributed by atoms with Gasteiger partial charge in [-0.15, -0.1) is 0 Å². The Morgan fingerprint density at radius 3 is 2.38 bits per heavy atom. The number of para-hydroxylation sites is 2. The minimum absolute atomic E-state index is 1.01. The van der Waals surface area contributed by atoms with Gasteiger partial charge in [-0.3, -0.25) is 5.43 Å². The van der Waals surface area contributed by atoms with Crippen molar-refractivity contribution in [1.29, 1.82) is 0 Å². The van der Waals surface area contributed by atoms with Gasteiger partial charge >= 0.3 is 0 Å². The van der Waals surface area contributed by atoms with Gasteiger partial charge in [0.2, 0.25) is 0 Å². The second kappa shape index (κ2) is 6.44. The molecule has 0 bridgehead atoms. The summed E-state index contributed by atoms with van der Waals surface area (Å²) in [6.45, 7) is 4.36. The first-order chi connectivity index (χ1) is 10.3. The average Bonchev–Trinajstić information content (AvgIpc) is 3.08. The SMILES string of the molecule is CC(=NNc1ccccc1)c1ccccc1N1CCCC1. The molecule has 1 aliphatic heterocycles. The minimum Gasteiger partial charge on any atom is -0.371 e. The Balaban J connectivity index is 1.82. The van der Waals surface area contributed by atoms with Crippen molar-refractivity contribution < 1.29 is 0 Å². The van der Waals surface area contributed by atoms with Crippen molar-refractivity contribution in [1.82, 2.24) is 0 Å². The summed E-state index contributed by atoms with van der Waals surface area (Å²) in [4.78, 5) is 2.46. The standard InChI is InChI=1S/C18H21N3/c1-15(19-20-16-9-3-2-4-10-16)17-11-5-6-12-18(17)21-13-7-8-14-21/h2-6,9-12,20H,7-8,13-14H2,1H3. The quantitative estimate of drug-likeness (QED) is 0.673. The number of hydrazone groups is 1. The van der Waals surface area contributed by atoms with Crippen LogP contribution in [0, 0.1) is 0 Å². The molecule has 3 nitrogen and oxygen atoms in total. The lowest BCUT2D eigenvalue weighted by Crippen LogP contribution is -2.20. The second-order valence-corrected chi connectivity index (χ2v) is 5.39. The van der Waals surface area contributed by atoms with Crippen LogP contribution in [0.15, 0.2) is 59.7 Å². The van der Waals surface area contributed by atoms with E-state index >= 15 is 0 Å². The predicted molar refractivity (Wildman–Crippen MR) is 90.2 cm³/mol. The Morgan fingerprint density at radius 1 is 0.952 bits per heavy atom. The van der Waals surface area contributed by atoms with Crippen LogP contribution in [0.1, 0.15) is 25.3 Å². The highest BCUT2D eigenvalue weighted by Gasteiger charge is 2.16. The highest BCUT2D eigenvalue weighted by molar-refractivity contribution is 6.04. The fraction of sp³-hybridized carbons (Fsp3) is 0.278. The number of benzene rings is 2. The number of nitrogens with one attached hydrogen (secondary N) is 1. The summed E-state index contributed by atoms with van der Waals surface area (Å²) in [5, 5.41) is 4.54. The zero-order valence-corrected chi connectivity index (χ0v) is 12.4. The topological polar surface area (TPSA) is 27.6 Å². The Morgan fingerprint density at radius 2 is 1.62 bits per heavy atom. The van der Waals surface area contributed by atoms with Gasteiger partial charge in [-0.1, -0.05) is 36.4 Å². The van der Waals surface area contributed by atoms with Crippen LogP contribution in [0.4, 0.5) is 11.4 Å². The molecule has 0 amide bonds. The lowest BCUT2D eigenvalue weighted by molar-refractivity contribution is 0.949. The molecule has 1 saturated heterocycles. The van der Waals surface area contributed by atoms with Crippen molar-refractivity contribution in [2.75, 3.05) is 23.4 Å². The summed E-state index contributed by atoms with van der Waals surface area (Å²) in [6, 6.07) is 18.6. The van der Waals surface area contributed by atoms with Crippen LogP contribution >= 0.6 is 0 Å². The van der Waals surface area contributed by atoms with Crippen LogP contribution in [0.2, 0.25) is 0 Å². The molecular weight excluding hydrogens is 258 g/mol. The second-order valence-electron chi connectivity index (χ2n) is 5.39. The van der Waals surface area contributed by atoms with Crippen molar-refractivity contribution in [3.8, 4) is 0 Å². The largest absolute Gasteiger partial charge is 0.371 e. The first-order valence-electron chi connectivity index (χ1n) is 7.54. The summed E-state index contributed by atoms with van der Waals surface area (Å²) >= 11 is 0. The lowest BCUT2D eigenvalue weighted by atomic mass is 10.1. The normalized spacial score (nSPS) is 15.3. The molecule has 3 heteroatoms. The van der Waals surface area contributed by atoms with Gasteiger partial charge in [0.1, 0.15) is 0 Å². The van der Waals surface area contributed by atoms with Crippen LogP contribution in [-0.2, 0) is 0 Å². The lowest BCUT2D eigenvalue weighted by Gasteiger charge is -2.21. The molecule has 3 rings (SSSR count). The molecule has 1 aliphatic rings. The van der Waals surface area contributed by atoms with E-state index in [1.165, 1.54) is 24.1 Å². The fourth-order valence-corrected chi connectivity index (χ4v) is 2.73. The summed E-state index contributed by atoms with van der Waals surface area (Å²) in [6.07, 6.45) is 2.57. The summed E-state index contributed by atoms with van der Waals surface area (Å²) < 4.78 is 0. The van der Waals surface area contributed by atoms with Crippen LogP contribution in [0.3, 0.4) is 0 Å². The van der Waals surface area contributed by atoms with E-state index in [9.17, 15) is 0 Å². The third-order valence-corrected chi connectivity index (χ3v) is 3.87. The highest BCUT2D eigenvalue weighted by atomic mass is 15.3. The van der Waals surface area contributed by atoms with Gasteiger partial charge < -0.3 is 4.90 Å². The first-order valence-corrected chi connectivity index (χ1v) is 7.54. The number of anilines is 2. The van der Waals surface area contributed by atoms with E-state index in [4.69, 9.17) is 0 Å². The molecule has 0 spiro atoms. The molecule has 2 aromatic rings. The smallest absolute Gasteiger partial charge is 0.0669 e. The molecule has 21 heavy (non-hydrogen) atoms. The molecule has 0 saturated carbocycles. The fourth-order valence-electron chi connectivity index (χ4n) is 2.73. The maximum absolute atomic E-state index is 4.54. The van der Waals surface area contributed by atoms with Crippen LogP contribution < -0.4 is 10.3 Å². The Kier molecular flexibility index (Phi) is 4.20. The van der Waals surface area contributed by atoms with Crippen LogP contribution in [-0.4, -0.2) is 18.8 Å². The molecule has 0 atom stereocenters. The third kappa shape index (κ3) is 3.24. The molecule has 0 unspecified atom stereocenters. The predicted octanol–water partition coefficient (Wildman–Crippen LogP) is 4.12. The van der Waals surface area contributed by atoms with Gasteiger partial charge in [-0.25, -0.2) is 0 Å². The molecule has 0 aliphatic carbocycles. The number of hydrogen-bond acceptors (Lipinski definition) is 3. The van der Waals surface area contributed by atoms with Crippen LogP contribution in [0.5, 0.6) is 0 Å². The minimum atomic E-state index is 1.01. The van der Waals surface area contributed by atoms with Gasteiger partial charge in [0.15, 0.2) is 0 Å². The summed E-state index contributed by atoms with van der Waals surface area (Å²) in [5.41, 5.74) is 7.66. The Labute approximate surface area is 126 Å². The van der Waals surface area contributed by atoms with E-state index in [-0.39, 0.29) is 0 Å². The molecule has 2 aromatic carbocycles. The van der Waals surface area contributed by atoms with Gasteiger partial charge in [0, 0.05) is 24.3 Å². The van der Waals surface area contributed by atoms with Crippen molar-refractivity contribution >= 4 is 17.1 Å². The van der Waals surface area contributed by atoms with Crippen molar-refractivity contribution in [3.05, 3.63) is 60.2 Å². The molecule has 0 radical (unpaired) electrons. The molecule has 1 heterocycles. The zero-order chi connectivity index (χ0) is 14.5. The Hall–Kier alpha value is -2.29. The molecular formula is C18H21N3. The number of rotatable bonds is 4. The summed E-state index contributed by atoms with van der Waals surface area (Å²) in [5.74, 6) is 0. The number of hydrogen-bond donors (Lipinski definition) is 1. The molecule has 1 fully saturated rings. The van der Waals surface area contributed by atoms with Crippen molar-refractivity contribution in [3.63, 3.8) is 0 Å². The van der Waals surface area contributed by atoms with E-state index < -0.39 is 0 Å². The maximum Gasteiger partial charge on any atom is 0.0669 e. The molecule has 1 N–H and O–H groups in total. The number of nitrogens with zero attached hydrogens (tertiary/aromatic N) is 2. The monoisotopic (exact) mass is 279 g/mol. The van der Waals surface area contributed by atoms with Gasteiger partial charge in [0.05, 0.1) is 11.4 Å². The van der Waals surface area contributed by atoms with E-state index in [0.29, 0.717) is 0 Å².